The molecule has 102 valence electrons. The summed E-state index contributed by atoms with van der Waals surface area (Å²) < 4.78 is 24.1. The summed E-state index contributed by atoms with van der Waals surface area (Å²) in [6.07, 6.45) is 4.39. The van der Waals surface area contributed by atoms with E-state index >= 15 is 0 Å². The molecule has 0 aromatic rings. The molecule has 3 unspecified atom stereocenters. The van der Waals surface area contributed by atoms with Crippen molar-refractivity contribution in [3.63, 3.8) is 0 Å². The fourth-order valence-corrected chi connectivity index (χ4v) is 6.62. The van der Waals surface area contributed by atoms with Crippen LogP contribution in [0.4, 0.5) is 0 Å². The van der Waals surface area contributed by atoms with E-state index in [1.807, 2.05) is 0 Å². The number of fused-ring (bicyclic) bond motifs is 7. The molecule has 4 saturated heterocycles. The van der Waals surface area contributed by atoms with Gasteiger partial charge in [0, 0.05) is 25.2 Å². The van der Waals surface area contributed by atoms with E-state index in [2.05, 4.69) is 4.90 Å². The fourth-order valence-electron chi connectivity index (χ4n) is 3.49. The van der Waals surface area contributed by atoms with Gasteiger partial charge >= 0.3 is 8.80 Å². The average Bonchev–Trinajstić information content (AvgIpc) is 3.04. The molecule has 1 saturated carbocycles. The Labute approximate surface area is 109 Å². The first-order valence-electron chi connectivity index (χ1n) is 7.15. The van der Waals surface area contributed by atoms with Crippen LogP contribution in [-0.4, -0.2) is 65.4 Å². The second kappa shape index (κ2) is 4.54. The quantitative estimate of drug-likeness (QED) is 0.517. The molecule has 0 radical (unpaired) electrons. The third kappa shape index (κ3) is 2.05. The van der Waals surface area contributed by atoms with Crippen LogP contribution >= 0.6 is 0 Å². The Bertz CT molecular complexity index is 303. The first-order chi connectivity index (χ1) is 8.86. The van der Waals surface area contributed by atoms with Gasteiger partial charge in [-0.2, -0.15) is 0 Å². The van der Waals surface area contributed by atoms with E-state index < -0.39 is 8.80 Å². The molecule has 0 spiro atoms. The Balaban J connectivity index is 1.53. The van der Waals surface area contributed by atoms with Crippen LogP contribution in [0.5, 0.6) is 0 Å². The number of hydrogen-bond acceptors (Lipinski definition) is 5. The highest BCUT2D eigenvalue weighted by molar-refractivity contribution is 6.62. The molecule has 4 aliphatic heterocycles. The van der Waals surface area contributed by atoms with E-state index in [4.69, 9.17) is 18.0 Å². The van der Waals surface area contributed by atoms with Crippen LogP contribution in [0.3, 0.4) is 0 Å². The summed E-state index contributed by atoms with van der Waals surface area (Å²) >= 11 is 0. The molecule has 0 N–H and O–H groups in total. The van der Waals surface area contributed by atoms with Crippen LogP contribution in [0.1, 0.15) is 19.3 Å². The van der Waals surface area contributed by atoms with Gasteiger partial charge in [-0.1, -0.05) is 0 Å². The number of hydrogen-bond donors (Lipinski definition) is 0. The molecule has 1 aliphatic carbocycles. The molecule has 5 fully saturated rings. The summed E-state index contributed by atoms with van der Waals surface area (Å²) in [4.78, 5) is 2.36. The van der Waals surface area contributed by atoms with Gasteiger partial charge in [-0.05, 0) is 19.3 Å². The molecule has 0 amide bonds. The minimum Gasteiger partial charge on any atom is -0.372 e. The Morgan fingerprint density at radius 1 is 0.833 bits per heavy atom. The normalized spacial score (nSPS) is 52.0. The van der Waals surface area contributed by atoms with Crippen molar-refractivity contribution >= 4 is 8.80 Å². The molecule has 3 atom stereocenters. The van der Waals surface area contributed by atoms with Crippen LogP contribution in [0.2, 0.25) is 5.54 Å². The van der Waals surface area contributed by atoms with Gasteiger partial charge in [-0.3, -0.25) is 4.90 Å². The predicted molar refractivity (Wildman–Crippen MR) is 66.3 cm³/mol. The Morgan fingerprint density at radius 3 is 2.11 bits per heavy atom. The minimum absolute atomic E-state index is 0.464. The second-order valence-electron chi connectivity index (χ2n) is 5.71. The predicted octanol–water partition coefficient (Wildman–Crippen LogP) is 0.626. The lowest BCUT2D eigenvalue weighted by Gasteiger charge is -2.42. The summed E-state index contributed by atoms with van der Waals surface area (Å²) in [5.74, 6) is 0. The van der Waals surface area contributed by atoms with Gasteiger partial charge in [0.1, 0.15) is 0 Å². The Morgan fingerprint density at radius 2 is 1.50 bits per heavy atom. The highest BCUT2D eigenvalue weighted by Crippen LogP contribution is 2.47. The molecular weight excluding hydrogens is 250 g/mol. The summed E-state index contributed by atoms with van der Waals surface area (Å²) in [7, 11) is -2.45. The lowest BCUT2D eigenvalue weighted by molar-refractivity contribution is -0.0168. The van der Waals surface area contributed by atoms with Crippen molar-refractivity contribution in [2.45, 2.75) is 37.0 Å². The van der Waals surface area contributed by atoms with Crippen LogP contribution in [0.25, 0.3) is 0 Å². The van der Waals surface area contributed by atoms with E-state index in [-0.39, 0.29) is 0 Å². The number of nitrogens with zero attached hydrogens (tertiary/aromatic N) is 1. The lowest BCUT2D eigenvalue weighted by atomic mass is 10.0. The summed E-state index contributed by atoms with van der Waals surface area (Å²) in [6.45, 7) is 5.36. The zero-order valence-corrected chi connectivity index (χ0v) is 11.7. The van der Waals surface area contributed by atoms with Crippen molar-refractivity contribution in [1.82, 2.24) is 4.90 Å². The minimum atomic E-state index is -2.45. The third-order valence-corrected chi connectivity index (χ3v) is 7.98. The molecule has 6 heteroatoms. The average molecular weight is 271 g/mol. The molecular formula is C12H21NO4Si. The van der Waals surface area contributed by atoms with E-state index in [0.717, 1.165) is 58.7 Å². The van der Waals surface area contributed by atoms with E-state index in [0.29, 0.717) is 17.7 Å². The van der Waals surface area contributed by atoms with Crippen molar-refractivity contribution in [3.8, 4) is 0 Å². The molecule has 0 aromatic heterocycles. The van der Waals surface area contributed by atoms with Crippen molar-refractivity contribution in [1.29, 1.82) is 0 Å². The molecule has 5 rings (SSSR count). The summed E-state index contributed by atoms with van der Waals surface area (Å²) in [5, 5.41) is 0. The van der Waals surface area contributed by atoms with Gasteiger partial charge in [0.25, 0.3) is 0 Å². The van der Waals surface area contributed by atoms with Gasteiger partial charge in [-0.15, -0.1) is 0 Å². The molecule has 2 bridgehead atoms. The van der Waals surface area contributed by atoms with E-state index in [1.54, 1.807) is 0 Å². The maximum absolute atomic E-state index is 6.14. The highest BCUT2D eigenvalue weighted by Gasteiger charge is 2.57. The van der Waals surface area contributed by atoms with Gasteiger partial charge < -0.3 is 18.0 Å². The standard InChI is InChI=1S/C12H21NO4Si/c1-2-11-12(17-11)9-10(1)18-14-6-3-13(4-7-15-18)5-8-16-18/h10-12H,1-9H2. The molecule has 18 heavy (non-hydrogen) atoms. The molecule has 0 aromatic carbocycles. The first kappa shape index (κ1) is 11.8. The van der Waals surface area contributed by atoms with Crippen molar-refractivity contribution in [2.24, 2.45) is 0 Å². The smallest absolute Gasteiger partial charge is 0.372 e. The highest BCUT2D eigenvalue weighted by atomic mass is 28.4. The zero-order chi connectivity index (χ0) is 12.0. The van der Waals surface area contributed by atoms with Crippen LogP contribution in [0.15, 0.2) is 0 Å². The Kier molecular flexibility index (Phi) is 2.98. The van der Waals surface area contributed by atoms with Crippen LogP contribution in [0, 0.1) is 0 Å². The van der Waals surface area contributed by atoms with Gasteiger partial charge in [0.2, 0.25) is 0 Å². The topological polar surface area (TPSA) is 43.5 Å². The largest absolute Gasteiger partial charge is 0.504 e. The summed E-state index contributed by atoms with van der Waals surface area (Å²) in [5.41, 5.74) is 0.464. The van der Waals surface area contributed by atoms with E-state index in [9.17, 15) is 0 Å². The van der Waals surface area contributed by atoms with Crippen molar-refractivity contribution in [2.75, 3.05) is 39.5 Å². The third-order valence-electron chi connectivity index (χ3n) is 4.64. The Hall–Kier alpha value is 0.0169. The maximum atomic E-state index is 6.14. The number of epoxide rings is 1. The lowest BCUT2D eigenvalue weighted by Crippen LogP contribution is -2.58. The maximum Gasteiger partial charge on any atom is 0.504 e. The van der Waals surface area contributed by atoms with Gasteiger partial charge in [0.05, 0.1) is 32.0 Å². The molecule has 4 heterocycles. The first-order valence-corrected chi connectivity index (χ1v) is 8.96. The summed E-state index contributed by atoms with van der Waals surface area (Å²) in [6, 6.07) is 0. The van der Waals surface area contributed by atoms with Crippen molar-refractivity contribution < 1.29 is 18.0 Å². The molecule has 5 aliphatic rings. The van der Waals surface area contributed by atoms with Crippen LogP contribution in [-0.2, 0) is 18.0 Å². The molecule has 5 nitrogen and oxygen atoms in total. The second-order valence-corrected chi connectivity index (χ2v) is 8.60. The van der Waals surface area contributed by atoms with E-state index in [1.165, 1.54) is 0 Å². The zero-order valence-electron chi connectivity index (χ0n) is 10.7. The van der Waals surface area contributed by atoms with Crippen molar-refractivity contribution in [3.05, 3.63) is 0 Å². The van der Waals surface area contributed by atoms with Crippen LogP contribution < -0.4 is 0 Å². The SMILES string of the molecule is C1CN2CCO[Si](C3CCC4OC4C3)(O1)OCC2. The fraction of sp³-hybridized carbons (Fsp3) is 1.00. The van der Waals surface area contributed by atoms with Gasteiger partial charge in [-0.25, -0.2) is 0 Å². The number of ether oxygens (including phenoxy) is 1. The number of rotatable bonds is 1. The monoisotopic (exact) mass is 271 g/mol. The van der Waals surface area contributed by atoms with Gasteiger partial charge in [0.15, 0.2) is 0 Å².